The lowest BCUT2D eigenvalue weighted by molar-refractivity contribution is 0.341. The standard InChI is InChI=1S/C21H25N3O/c1-2-25-19-6-4-3-5-14(19)15-7-8-17-20-16(9-10-23-17)18-13-22-11-12-24(18)21(15)20/h3-8,16,18,22-23H,2,9-13H2,1H3. The van der Waals surface area contributed by atoms with E-state index in [0.717, 1.165) is 31.9 Å². The quantitative estimate of drug-likeness (QED) is 0.901. The predicted molar refractivity (Wildman–Crippen MR) is 103 cm³/mol. The summed E-state index contributed by atoms with van der Waals surface area (Å²) in [4.78, 5) is 2.66. The minimum absolute atomic E-state index is 0.588. The number of ether oxygens (including phenoxy) is 1. The summed E-state index contributed by atoms with van der Waals surface area (Å²) in [6.07, 6.45) is 1.22. The molecule has 0 aliphatic carbocycles. The highest BCUT2D eigenvalue weighted by molar-refractivity contribution is 5.91. The fraction of sp³-hybridized carbons (Fsp3) is 0.429. The van der Waals surface area contributed by atoms with Crippen molar-refractivity contribution in [1.82, 2.24) is 5.32 Å². The van der Waals surface area contributed by atoms with Gasteiger partial charge in [-0.15, -0.1) is 0 Å². The number of nitrogens with zero attached hydrogens (tertiary/aromatic N) is 1. The summed E-state index contributed by atoms with van der Waals surface area (Å²) in [6, 6.07) is 13.6. The Morgan fingerprint density at radius 1 is 1.12 bits per heavy atom. The van der Waals surface area contributed by atoms with Gasteiger partial charge in [-0.05, 0) is 25.5 Å². The summed E-state index contributed by atoms with van der Waals surface area (Å²) in [5.41, 5.74) is 6.84. The van der Waals surface area contributed by atoms with Gasteiger partial charge in [0.05, 0.1) is 12.3 Å². The summed E-state index contributed by atoms with van der Waals surface area (Å²) in [6.45, 7) is 7.06. The first-order chi connectivity index (χ1) is 12.4. The molecule has 0 saturated carbocycles. The van der Waals surface area contributed by atoms with Crippen LogP contribution in [-0.4, -0.2) is 38.8 Å². The average molecular weight is 335 g/mol. The smallest absolute Gasteiger partial charge is 0.127 e. The fourth-order valence-corrected chi connectivity index (χ4v) is 4.89. The molecule has 4 nitrogen and oxygen atoms in total. The molecule has 2 N–H and O–H groups in total. The van der Waals surface area contributed by atoms with Crippen LogP contribution in [0.4, 0.5) is 11.4 Å². The van der Waals surface area contributed by atoms with E-state index in [9.17, 15) is 0 Å². The lowest BCUT2D eigenvalue weighted by atomic mass is 9.86. The maximum Gasteiger partial charge on any atom is 0.127 e. The van der Waals surface area contributed by atoms with Crippen LogP contribution in [-0.2, 0) is 0 Å². The average Bonchev–Trinajstić information content (AvgIpc) is 3.00. The number of para-hydroxylation sites is 1. The van der Waals surface area contributed by atoms with Crippen LogP contribution >= 0.6 is 0 Å². The molecule has 0 bridgehead atoms. The van der Waals surface area contributed by atoms with Gasteiger partial charge in [-0.3, -0.25) is 0 Å². The Labute approximate surface area is 149 Å². The maximum absolute atomic E-state index is 5.94. The van der Waals surface area contributed by atoms with Gasteiger partial charge in [0.15, 0.2) is 0 Å². The minimum atomic E-state index is 0.588. The topological polar surface area (TPSA) is 36.5 Å². The van der Waals surface area contributed by atoms with Crippen LogP contribution in [0.1, 0.15) is 24.8 Å². The van der Waals surface area contributed by atoms with Crippen molar-refractivity contribution in [3.05, 3.63) is 42.0 Å². The van der Waals surface area contributed by atoms with Crippen LogP contribution in [0.15, 0.2) is 36.4 Å². The van der Waals surface area contributed by atoms with Crippen molar-refractivity contribution < 1.29 is 4.74 Å². The van der Waals surface area contributed by atoms with Gasteiger partial charge in [-0.2, -0.15) is 0 Å². The van der Waals surface area contributed by atoms with E-state index >= 15 is 0 Å². The lowest BCUT2D eigenvalue weighted by Crippen LogP contribution is -2.51. The molecule has 4 heteroatoms. The molecular formula is C21H25N3O. The van der Waals surface area contributed by atoms with Crippen LogP contribution < -0.4 is 20.3 Å². The van der Waals surface area contributed by atoms with E-state index in [1.54, 1.807) is 0 Å². The van der Waals surface area contributed by atoms with E-state index in [2.05, 4.69) is 58.9 Å². The molecule has 3 aliphatic heterocycles. The first-order valence-electron chi connectivity index (χ1n) is 9.49. The van der Waals surface area contributed by atoms with E-state index in [1.165, 1.54) is 34.5 Å². The number of benzene rings is 2. The molecule has 5 rings (SSSR count). The first-order valence-corrected chi connectivity index (χ1v) is 9.49. The first kappa shape index (κ1) is 15.1. The molecule has 0 amide bonds. The second-order valence-corrected chi connectivity index (χ2v) is 7.14. The molecule has 25 heavy (non-hydrogen) atoms. The number of hydrogen-bond donors (Lipinski definition) is 2. The van der Waals surface area contributed by atoms with Crippen molar-refractivity contribution in [3.8, 4) is 16.9 Å². The van der Waals surface area contributed by atoms with Crippen molar-refractivity contribution in [2.75, 3.05) is 43.0 Å². The Kier molecular flexibility index (Phi) is 3.59. The molecule has 2 aromatic carbocycles. The zero-order valence-corrected chi connectivity index (χ0v) is 14.7. The number of piperazine rings is 1. The zero-order chi connectivity index (χ0) is 16.8. The Morgan fingerprint density at radius 2 is 2.04 bits per heavy atom. The summed E-state index contributed by atoms with van der Waals surface area (Å²) in [5, 5.41) is 7.23. The van der Waals surface area contributed by atoms with Gasteiger partial charge in [0, 0.05) is 60.5 Å². The van der Waals surface area contributed by atoms with E-state index in [4.69, 9.17) is 4.74 Å². The van der Waals surface area contributed by atoms with Gasteiger partial charge in [0.2, 0.25) is 0 Å². The summed E-state index contributed by atoms with van der Waals surface area (Å²) in [5.74, 6) is 1.62. The Balaban J connectivity index is 1.72. The third-order valence-electron chi connectivity index (χ3n) is 5.87. The molecule has 3 aliphatic rings. The number of fused-ring (bicyclic) bond motifs is 3. The Bertz CT molecular complexity index is 804. The zero-order valence-electron chi connectivity index (χ0n) is 14.7. The highest BCUT2D eigenvalue weighted by Crippen LogP contribution is 2.53. The molecule has 0 spiro atoms. The van der Waals surface area contributed by atoms with Crippen molar-refractivity contribution in [2.24, 2.45) is 0 Å². The van der Waals surface area contributed by atoms with Gasteiger partial charge in [0.1, 0.15) is 5.75 Å². The molecule has 0 aromatic heterocycles. The SMILES string of the molecule is CCOc1ccccc1-c1ccc2c3c1N1CCNCC1C3CCN2. The molecule has 3 heterocycles. The van der Waals surface area contributed by atoms with Gasteiger partial charge in [0.25, 0.3) is 0 Å². The molecule has 1 saturated heterocycles. The second kappa shape index (κ2) is 5.95. The number of hydrogen-bond acceptors (Lipinski definition) is 4. The second-order valence-electron chi connectivity index (χ2n) is 7.14. The van der Waals surface area contributed by atoms with Crippen LogP contribution in [0.3, 0.4) is 0 Å². The number of anilines is 2. The summed E-state index contributed by atoms with van der Waals surface area (Å²) < 4.78 is 5.94. The minimum Gasteiger partial charge on any atom is -0.493 e. The van der Waals surface area contributed by atoms with E-state index in [-0.39, 0.29) is 0 Å². The monoisotopic (exact) mass is 335 g/mol. The molecule has 130 valence electrons. The van der Waals surface area contributed by atoms with Crippen molar-refractivity contribution >= 4 is 11.4 Å². The van der Waals surface area contributed by atoms with Crippen molar-refractivity contribution in [1.29, 1.82) is 0 Å². The Hall–Kier alpha value is -2.20. The predicted octanol–water partition coefficient (Wildman–Crippen LogP) is 3.44. The molecule has 0 radical (unpaired) electrons. The van der Waals surface area contributed by atoms with E-state index < -0.39 is 0 Å². The molecule has 2 aromatic rings. The van der Waals surface area contributed by atoms with Crippen LogP contribution in [0.2, 0.25) is 0 Å². The molecule has 2 atom stereocenters. The highest BCUT2D eigenvalue weighted by atomic mass is 16.5. The van der Waals surface area contributed by atoms with Crippen LogP contribution in [0.25, 0.3) is 11.1 Å². The summed E-state index contributed by atoms with van der Waals surface area (Å²) in [7, 11) is 0. The van der Waals surface area contributed by atoms with E-state index in [1.807, 2.05) is 0 Å². The molecular weight excluding hydrogens is 310 g/mol. The fourth-order valence-electron chi connectivity index (χ4n) is 4.89. The maximum atomic E-state index is 5.94. The van der Waals surface area contributed by atoms with Crippen molar-refractivity contribution in [2.45, 2.75) is 25.3 Å². The van der Waals surface area contributed by atoms with Gasteiger partial charge < -0.3 is 20.3 Å². The van der Waals surface area contributed by atoms with Crippen LogP contribution in [0.5, 0.6) is 5.75 Å². The molecule has 1 fully saturated rings. The normalized spacial score (nSPS) is 23.6. The summed E-state index contributed by atoms with van der Waals surface area (Å²) >= 11 is 0. The third-order valence-corrected chi connectivity index (χ3v) is 5.87. The lowest BCUT2D eigenvalue weighted by Gasteiger charge is -2.36. The Morgan fingerprint density at radius 3 is 2.96 bits per heavy atom. The van der Waals surface area contributed by atoms with E-state index in [0.29, 0.717) is 18.6 Å². The van der Waals surface area contributed by atoms with Gasteiger partial charge in [-0.1, -0.05) is 24.3 Å². The third kappa shape index (κ3) is 2.24. The van der Waals surface area contributed by atoms with Gasteiger partial charge in [-0.25, -0.2) is 0 Å². The number of rotatable bonds is 3. The van der Waals surface area contributed by atoms with Gasteiger partial charge >= 0.3 is 0 Å². The van der Waals surface area contributed by atoms with Crippen LogP contribution in [0, 0.1) is 0 Å². The highest BCUT2D eigenvalue weighted by Gasteiger charge is 2.43. The number of nitrogens with one attached hydrogen (secondary N) is 2. The molecule has 2 unspecified atom stereocenters. The van der Waals surface area contributed by atoms with Crippen molar-refractivity contribution in [3.63, 3.8) is 0 Å². The largest absolute Gasteiger partial charge is 0.493 e.